The van der Waals surface area contributed by atoms with Crippen LogP contribution in [-0.2, 0) is 60.6 Å². The highest BCUT2D eigenvalue weighted by atomic mass is 79.9. The second-order valence-corrected chi connectivity index (χ2v) is 13.5. The van der Waals surface area contributed by atoms with Crippen molar-refractivity contribution in [1.82, 2.24) is 19.1 Å². The number of aromatic nitrogens is 4. The molecule has 6 rings (SSSR count). The summed E-state index contributed by atoms with van der Waals surface area (Å²) >= 11 is 3.24. The summed E-state index contributed by atoms with van der Waals surface area (Å²) in [5, 5.41) is 0. The molecule has 0 aromatic carbocycles. The Morgan fingerprint density at radius 1 is 0.932 bits per heavy atom. The predicted molar refractivity (Wildman–Crippen MR) is 141 cm³/mol. The molecule has 4 aliphatic rings. The van der Waals surface area contributed by atoms with Crippen molar-refractivity contribution < 1.29 is 70.3 Å². The summed E-state index contributed by atoms with van der Waals surface area (Å²) in [6, 6.07) is -1.03. The number of hydrogen-bond donors (Lipinski definition) is 2. The summed E-state index contributed by atoms with van der Waals surface area (Å²) in [5.74, 6) is -2.47. The minimum Gasteiger partial charge on any atom is -0.457 e. The molecular formula is C21H25BrN4O16P2. The zero-order chi connectivity index (χ0) is 32.1. The molecule has 4 aliphatic heterocycles. The number of carbonyl (C=O) groups excluding carboxylic acids is 3. The number of imidazole rings is 1. The van der Waals surface area contributed by atoms with E-state index in [1.54, 1.807) is 0 Å². The predicted octanol–water partition coefficient (Wildman–Crippen LogP) is 0.252. The number of rotatable bonds is 3. The van der Waals surface area contributed by atoms with Crippen LogP contribution >= 0.6 is 31.6 Å². The van der Waals surface area contributed by atoms with Crippen LogP contribution in [-0.4, -0.2) is 97.1 Å². The van der Waals surface area contributed by atoms with Gasteiger partial charge >= 0.3 is 33.6 Å². The summed E-state index contributed by atoms with van der Waals surface area (Å²) in [7, 11) is -10.7. The van der Waals surface area contributed by atoms with Crippen molar-refractivity contribution in [3.63, 3.8) is 0 Å². The fraction of sp³-hybridized carbons (Fsp3) is 0.619. The maximum absolute atomic E-state index is 13.7. The number of carbonyl (C=O) groups is 3. The highest BCUT2D eigenvalue weighted by Crippen LogP contribution is 2.61. The van der Waals surface area contributed by atoms with E-state index in [4.69, 9.17) is 32.7 Å². The molecule has 0 spiro atoms. The molecule has 8 bridgehead atoms. The summed E-state index contributed by atoms with van der Waals surface area (Å²) in [6.07, 6.45) is -7.17. The summed E-state index contributed by atoms with van der Waals surface area (Å²) in [4.78, 5) is 78.6. The normalized spacial score (nSPS) is 35.7. The molecule has 2 aromatic heterocycles. The van der Waals surface area contributed by atoms with Crippen molar-refractivity contribution in [2.45, 2.75) is 63.6 Å². The Morgan fingerprint density at radius 3 is 2.11 bits per heavy atom. The molecule has 20 nitrogen and oxygen atoms in total. The monoisotopic (exact) mass is 730 g/mol. The van der Waals surface area contributed by atoms with Crippen LogP contribution in [0.3, 0.4) is 0 Å². The lowest BCUT2D eigenvalue weighted by molar-refractivity contribution is -0.165. The largest absolute Gasteiger partial charge is 0.481 e. The Kier molecular flexibility index (Phi) is 9.18. The molecular weight excluding hydrogens is 706 g/mol. The van der Waals surface area contributed by atoms with Gasteiger partial charge in [-0.15, -0.1) is 0 Å². The number of ether oxygens (including phenoxy) is 5. The van der Waals surface area contributed by atoms with Gasteiger partial charge in [-0.3, -0.25) is 37.4 Å². The van der Waals surface area contributed by atoms with Gasteiger partial charge in [0.05, 0.1) is 19.8 Å². The minimum absolute atomic E-state index is 0.0408. The summed E-state index contributed by atoms with van der Waals surface area (Å²) in [6.45, 7) is 1.24. The summed E-state index contributed by atoms with van der Waals surface area (Å²) < 4.78 is 69.2. The van der Waals surface area contributed by atoms with Crippen LogP contribution in [0.2, 0.25) is 0 Å². The molecule has 9 atom stereocenters. The topological polar surface area (TPSA) is 252 Å². The summed E-state index contributed by atoms with van der Waals surface area (Å²) in [5.41, 5.74) is -1.02. The van der Waals surface area contributed by atoms with Gasteiger partial charge in [-0.05, 0) is 15.9 Å². The van der Waals surface area contributed by atoms with E-state index >= 15 is 0 Å². The van der Waals surface area contributed by atoms with Gasteiger partial charge in [0.15, 0.2) is 40.4 Å². The van der Waals surface area contributed by atoms with Crippen LogP contribution in [0.4, 0.5) is 0 Å². The van der Waals surface area contributed by atoms with Crippen molar-refractivity contribution in [2.24, 2.45) is 0 Å². The standard InChI is InChI=1S/C21H25BrN4O16P2/c1-8(27)38-15-11-4-35-12(15)5-36-43(31,32)42-44(33,34)37-6-13-16(39-9(2)28)17(40-10(3)29)20(41-13)26-18-14(24-21(26)22)19(30)25(11)7-23-18/h7,11-13,15-17,20H,4-6H2,1-3H3,(H,31,32)(H,33,34)/t11-,12-,13+,15-,16+,17+,20+/m0/s1. The maximum Gasteiger partial charge on any atom is 0.481 e. The van der Waals surface area contributed by atoms with Gasteiger partial charge in [-0.25, -0.2) is 19.1 Å². The molecule has 23 heteroatoms. The molecule has 2 fully saturated rings. The first kappa shape index (κ1) is 32.8. The molecule has 2 N–H and O–H groups in total. The first-order valence-corrected chi connectivity index (χ1v) is 16.4. The van der Waals surface area contributed by atoms with Gasteiger partial charge in [-0.1, -0.05) is 0 Å². The van der Waals surface area contributed by atoms with Gasteiger partial charge < -0.3 is 33.5 Å². The lowest BCUT2D eigenvalue weighted by Gasteiger charge is -2.24. The quantitative estimate of drug-likeness (QED) is 0.186. The highest BCUT2D eigenvalue weighted by molar-refractivity contribution is 9.10. The third-order valence-corrected chi connectivity index (χ3v) is 9.79. The van der Waals surface area contributed by atoms with Gasteiger partial charge in [0.1, 0.15) is 24.6 Å². The molecule has 2 aromatic rings. The van der Waals surface area contributed by atoms with Crippen LogP contribution in [0.15, 0.2) is 15.9 Å². The first-order chi connectivity index (χ1) is 20.6. The van der Waals surface area contributed by atoms with Gasteiger partial charge in [0.25, 0.3) is 5.56 Å². The third-order valence-electron chi connectivity index (χ3n) is 6.62. The average molecular weight is 731 g/mol. The Labute approximate surface area is 254 Å². The molecule has 6 heterocycles. The van der Waals surface area contributed by atoms with E-state index in [1.165, 1.54) is 4.57 Å². The van der Waals surface area contributed by atoms with E-state index < -0.39 is 95.1 Å². The Morgan fingerprint density at radius 2 is 1.50 bits per heavy atom. The molecule has 2 unspecified atom stereocenters. The molecule has 0 radical (unpaired) electrons. The number of halogens is 1. The number of nitrogens with zero attached hydrogens (tertiary/aromatic N) is 4. The fourth-order valence-electron chi connectivity index (χ4n) is 5.02. The SMILES string of the molecule is CC(=O)O[C@@H]1[C@H](OC(C)=O)[C@H]2COP(=O)(O)OP(=O)(O)OC[C@@H]3OC[C@@H]([C@@H]3OC(C)=O)n3cnc4c(nc(Br)n4[C@@H]1O2)c3=O. The molecule has 242 valence electrons. The molecule has 0 saturated carbocycles. The van der Waals surface area contributed by atoms with Gasteiger partial charge in [0, 0.05) is 20.8 Å². The zero-order valence-electron chi connectivity index (χ0n) is 22.9. The van der Waals surface area contributed by atoms with Crippen molar-refractivity contribution in [3.05, 3.63) is 21.4 Å². The van der Waals surface area contributed by atoms with Crippen molar-refractivity contribution >= 4 is 60.6 Å². The van der Waals surface area contributed by atoms with Crippen LogP contribution in [0.1, 0.15) is 33.0 Å². The fourth-order valence-corrected chi connectivity index (χ4v) is 7.66. The van der Waals surface area contributed by atoms with Gasteiger partial charge in [0.2, 0.25) is 0 Å². The second kappa shape index (κ2) is 12.3. The van der Waals surface area contributed by atoms with E-state index in [-0.39, 0.29) is 22.5 Å². The Hall–Kier alpha value is -2.58. The lowest BCUT2D eigenvalue weighted by Crippen LogP contribution is -2.40. The molecule has 0 aliphatic carbocycles. The van der Waals surface area contributed by atoms with E-state index in [9.17, 15) is 38.1 Å². The number of esters is 3. The number of phosphoric ester groups is 2. The minimum atomic E-state index is -5.39. The second-order valence-electron chi connectivity index (χ2n) is 9.72. The zero-order valence-corrected chi connectivity index (χ0v) is 26.3. The number of phosphoric acid groups is 2. The number of hydrogen-bond acceptors (Lipinski definition) is 16. The highest BCUT2D eigenvalue weighted by Gasteiger charge is 2.53. The molecule has 0 amide bonds. The van der Waals surface area contributed by atoms with Crippen molar-refractivity contribution in [3.8, 4) is 0 Å². The van der Waals surface area contributed by atoms with Crippen LogP contribution in [0.5, 0.6) is 0 Å². The van der Waals surface area contributed by atoms with Crippen LogP contribution in [0.25, 0.3) is 11.2 Å². The van der Waals surface area contributed by atoms with Crippen molar-refractivity contribution in [2.75, 3.05) is 19.8 Å². The van der Waals surface area contributed by atoms with Crippen LogP contribution in [0, 0.1) is 0 Å². The Bertz CT molecular complexity index is 1650. The van der Waals surface area contributed by atoms with E-state index in [1.807, 2.05) is 0 Å². The smallest absolute Gasteiger partial charge is 0.457 e. The van der Waals surface area contributed by atoms with E-state index in [2.05, 4.69) is 30.2 Å². The van der Waals surface area contributed by atoms with Gasteiger partial charge in [-0.2, -0.15) is 4.31 Å². The Balaban J connectivity index is 1.67. The van der Waals surface area contributed by atoms with E-state index in [0.717, 1.165) is 31.7 Å². The maximum atomic E-state index is 13.7. The third kappa shape index (κ3) is 6.67. The molecule has 2 saturated heterocycles. The molecule has 44 heavy (non-hydrogen) atoms. The van der Waals surface area contributed by atoms with E-state index in [0.29, 0.717) is 0 Å². The van der Waals surface area contributed by atoms with Crippen molar-refractivity contribution in [1.29, 1.82) is 0 Å². The van der Waals surface area contributed by atoms with Crippen LogP contribution < -0.4 is 5.56 Å². The lowest BCUT2D eigenvalue weighted by atomic mass is 10.1. The first-order valence-electron chi connectivity index (χ1n) is 12.7. The number of fused-ring (bicyclic) bond motifs is 7. The average Bonchev–Trinajstić information content (AvgIpc) is 3.54.